The van der Waals surface area contributed by atoms with Crippen molar-refractivity contribution in [1.82, 2.24) is 16.2 Å². The number of hydrogen-bond donors (Lipinski definition) is 3. The summed E-state index contributed by atoms with van der Waals surface area (Å²) in [6, 6.07) is 3.10. The van der Waals surface area contributed by atoms with Gasteiger partial charge in [-0.1, -0.05) is 0 Å². The highest BCUT2D eigenvalue weighted by atomic mass is 79.9. The van der Waals surface area contributed by atoms with E-state index in [2.05, 4.69) is 32.1 Å². The van der Waals surface area contributed by atoms with Gasteiger partial charge < -0.3 is 9.73 Å². The summed E-state index contributed by atoms with van der Waals surface area (Å²) >= 11 is 3.11. The van der Waals surface area contributed by atoms with E-state index in [1.165, 1.54) is 25.3 Å². The van der Waals surface area contributed by atoms with Gasteiger partial charge in [-0.2, -0.15) is 0 Å². The van der Waals surface area contributed by atoms with Gasteiger partial charge in [0.25, 0.3) is 11.8 Å². The van der Waals surface area contributed by atoms with Crippen molar-refractivity contribution in [3.8, 4) is 0 Å². The topological polar surface area (TPSA) is 100 Å². The maximum absolute atomic E-state index is 12.7. The molecule has 1 heterocycles. The largest absolute Gasteiger partial charge is 0.444 e. The van der Waals surface area contributed by atoms with Crippen LogP contribution in [0.5, 0.6) is 0 Å². The van der Waals surface area contributed by atoms with Crippen molar-refractivity contribution in [3.05, 3.63) is 22.6 Å². The van der Waals surface area contributed by atoms with Crippen LogP contribution in [0.4, 0.5) is 0 Å². The second kappa shape index (κ2) is 6.72. The fourth-order valence-corrected chi connectivity index (χ4v) is 5.68. The molecule has 8 heteroatoms. The number of hydrazine groups is 1. The van der Waals surface area contributed by atoms with Crippen LogP contribution in [0.15, 0.2) is 21.2 Å². The van der Waals surface area contributed by atoms with Gasteiger partial charge in [-0.05, 0) is 84.3 Å². The Balaban J connectivity index is 1.25. The standard InChI is InChI=1S/C18H22BrN3O4/c19-14-2-1-13(26-14)16(24)20-9-15(23)21-22-17(25)18-6-10-3-11(7-18)5-12(4-10)8-18/h1-2,10-12H,3-9H2,(H,20,24)(H,21,23)(H,22,25). The van der Waals surface area contributed by atoms with Crippen LogP contribution in [0.1, 0.15) is 49.1 Å². The molecule has 0 aliphatic heterocycles. The minimum absolute atomic E-state index is 0.0776. The number of rotatable bonds is 4. The number of halogens is 1. The molecule has 0 saturated heterocycles. The Morgan fingerprint density at radius 1 is 1.04 bits per heavy atom. The van der Waals surface area contributed by atoms with Gasteiger partial charge >= 0.3 is 0 Å². The molecule has 1 aromatic rings. The average molecular weight is 424 g/mol. The summed E-state index contributed by atoms with van der Waals surface area (Å²) in [6.45, 7) is -0.238. The first-order valence-electron chi connectivity index (χ1n) is 9.06. The van der Waals surface area contributed by atoms with E-state index < -0.39 is 11.8 Å². The summed E-state index contributed by atoms with van der Waals surface area (Å²) in [5, 5.41) is 2.45. The van der Waals surface area contributed by atoms with Crippen molar-refractivity contribution in [3.63, 3.8) is 0 Å². The van der Waals surface area contributed by atoms with Gasteiger partial charge in [-0.3, -0.25) is 25.2 Å². The van der Waals surface area contributed by atoms with Crippen LogP contribution in [-0.2, 0) is 9.59 Å². The zero-order chi connectivity index (χ0) is 18.3. The van der Waals surface area contributed by atoms with Crippen LogP contribution in [-0.4, -0.2) is 24.3 Å². The summed E-state index contributed by atoms with van der Waals surface area (Å²) < 4.78 is 5.56. The van der Waals surface area contributed by atoms with E-state index in [4.69, 9.17) is 4.42 Å². The van der Waals surface area contributed by atoms with Crippen LogP contribution in [0.25, 0.3) is 0 Å². The summed E-state index contributed by atoms with van der Waals surface area (Å²) in [5.41, 5.74) is 4.70. The van der Waals surface area contributed by atoms with Gasteiger partial charge in [-0.25, -0.2) is 0 Å². The molecule has 1 aromatic heterocycles. The zero-order valence-electron chi connectivity index (χ0n) is 14.3. The molecule has 3 N–H and O–H groups in total. The van der Waals surface area contributed by atoms with Crippen molar-refractivity contribution in [2.24, 2.45) is 23.2 Å². The van der Waals surface area contributed by atoms with Gasteiger partial charge in [0, 0.05) is 0 Å². The number of amides is 3. The molecule has 4 bridgehead atoms. The van der Waals surface area contributed by atoms with Gasteiger partial charge in [0.05, 0.1) is 12.0 Å². The van der Waals surface area contributed by atoms with Gasteiger partial charge in [0.2, 0.25) is 5.91 Å². The molecule has 0 aromatic carbocycles. The maximum Gasteiger partial charge on any atom is 0.287 e. The average Bonchev–Trinajstić information content (AvgIpc) is 3.03. The highest BCUT2D eigenvalue weighted by Gasteiger charge is 2.54. The molecule has 3 amide bonds. The molecule has 7 nitrogen and oxygen atoms in total. The van der Waals surface area contributed by atoms with Crippen molar-refractivity contribution < 1.29 is 18.8 Å². The zero-order valence-corrected chi connectivity index (χ0v) is 15.9. The minimum atomic E-state index is -0.488. The quantitative estimate of drug-likeness (QED) is 0.645. The van der Waals surface area contributed by atoms with Crippen molar-refractivity contribution >= 4 is 33.7 Å². The van der Waals surface area contributed by atoms with Crippen molar-refractivity contribution in [2.45, 2.75) is 38.5 Å². The number of hydrogen-bond acceptors (Lipinski definition) is 4. The second-order valence-corrected chi connectivity index (χ2v) is 8.77. The fraction of sp³-hybridized carbons (Fsp3) is 0.611. The third kappa shape index (κ3) is 3.39. The van der Waals surface area contributed by atoms with Crippen LogP contribution in [0.3, 0.4) is 0 Å². The van der Waals surface area contributed by atoms with E-state index >= 15 is 0 Å². The highest BCUT2D eigenvalue weighted by molar-refractivity contribution is 9.10. The molecular weight excluding hydrogens is 402 g/mol. The van der Waals surface area contributed by atoms with Gasteiger partial charge in [-0.15, -0.1) is 0 Å². The summed E-state index contributed by atoms with van der Waals surface area (Å²) in [7, 11) is 0. The van der Waals surface area contributed by atoms with Gasteiger partial charge in [0.15, 0.2) is 10.4 Å². The third-order valence-electron chi connectivity index (χ3n) is 6.04. The number of carbonyl (C=O) groups excluding carboxylic acids is 3. The van der Waals surface area contributed by atoms with E-state index in [1.807, 2.05) is 0 Å². The molecule has 0 unspecified atom stereocenters. The molecule has 0 atom stereocenters. The Bertz CT molecular complexity index is 709. The predicted octanol–water partition coefficient (Wildman–Crippen LogP) is 2.14. The molecule has 4 fully saturated rings. The number of furan rings is 1. The molecule has 5 rings (SSSR count). The van der Waals surface area contributed by atoms with E-state index in [1.54, 1.807) is 6.07 Å². The van der Waals surface area contributed by atoms with Crippen LogP contribution < -0.4 is 16.2 Å². The molecule has 4 saturated carbocycles. The lowest BCUT2D eigenvalue weighted by molar-refractivity contribution is -0.148. The van der Waals surface area contributed by atoms with E-state index in [9.17, 15) is 14.4 Å². The van der Waals surface area contributed by atoms with Crippen molar-refractivity contribution in [1.29, 1.82) is 0 Å². The van der Waals surface area contributed by atoms with E-state index in [0.29, 0.717) is 22.4 Å². The van der Waals surface area contributed by atoms with E-state index in [-0.39, 0.29) is 23.6 Å². The smallest absolute Gasteiger partial charge is 0.287 e. The molecule has 0 radical (unpaired) electrons. The second-order valence-electron chi connectivity index (χ2n) is 7.99. The Morgan fingerprint density at radius 3 is 2.19 bits per heavy atom. The lowest BCUT2D eigenvalue weighted by atomic mass is 9.49. The Labute approximate surface area is 159 Å². The lowest BCUT2D eigenvalue weighted by Gasteiger charge is -2.55. The fourth-order valence-electron chi connectivity index (χ4n) is 5.38. The van der Waals surface area contributed by atoms with Crippen LogP contribution in [0, 0.1) is 23.2 Å². The lowest BCUT2D eigenvalue weighted by Crippen LogP contribution is -2.57. The number of carbonyl (C=O) groups is 3. The van der Waals surface area contributed by atoms with Crippen molar-refractivity contribution in [2.75, 3.05) is 6.54 Å². The highest BCUT2D eigenvalue weighted by Crippen LogP contribution is 2.59. The SMILES string of the molecule is O=C(CNC(=O)c1ccc(Br)o1)NNC(=O)C12CC3CC(CC(C3)C1)C2. The normalized spacial score (nSPS) is 31.5. The first-order valence-corrected chi connectivity index (χ1v) is 9.86. The third-order valence-corrected chi connectivity index (χ3v) is 6.47. The summed E-state index contributed by atoms with van der Waals surface area (Å²) in [5.74, 6) is 1.06. The van der Waals surface area contributed by atoms with Crippen LogP contribution >= 0.6 is 15.9 Å². The molecule has 0 spiro atoms. The van der Waals surface area contributed by atoms with E-state index in [0.717, 1.165) is 19.3 Å². The predicted molar refractivity (Wildman–Crippen MR) is 95.6 cm³/mol. The first-order chi connectivity index (χ1) is 12.4. The Morgan fingerprint density at radius 2 is 1.65 bits per heavy atom. The minimum Gasteiger partial charge on any atom is -0.444 e. The summed E-state index contributed by atoms with van der Waals surface area (Å²) in [4.78, 5) is 36.5. The monoisotopic (exact) mass is 423 g/mol. The molecule has 140 valence electrons. The molecule has 26 heavy (non-hydrogen) atoms. The van der Waals surface area contributed by atoms with Crippen LogP contribution in [0.2, 0.25) is 0 Å². The molecule has 4 aliphatic rings. The Hall–Kier alpha value is -1.83. The first kappa shape index (κ1) is 17.6. The number of nitrogens with one attached hydrogen (secondary N) is 3. The maximum atomic E-state index is 12.7. The molecular formula is C18H22BrN3O4. The van der Waals surface area contributed by atoms with Gasteiger partial charge in [0.1, 0.15) is 0 Å². The molecule has 4 aliphatic carbocycles. The summed E-state index contributed by atoms with van der Waals surface area (Å²) in [6.07, 6.45) is 6.58. The Kier molecular flexibility index (Phi) is 4.54.